The van der Waals surface area contributed by atoms with Gasteiger partial charge in [0, 0.05) is 34.1 Å². The first-order chi connectivity index (χ1) is 25.7. The van der Waals surface area contributed by atoms with Crippen LogP contribution < -0.4 is 9.80 Å². The molecule has 0 unspecified atom stereocenters. The quantitative estimate of drug-likeness (QED) is 0.136. The van der Waals surface area contributed by atoms with Crippen molar-refractivity contribution in [1.29, 1.82) is 10.5 Å². The molecule has 0 aliphatic rings. The Bertz CT molecular complexity index is 2130. The smallest absolute Gasteiger partial charge is 0.0998 e. The van der Waals surface area contributed by atoms with Crippen LogP contribution in [0.25, 0.3) is 24.3 Å². The van der Waals surface area contributed by atoms with Crippen molar-refractivity contribution in [1.82, 2.24) is 0 Å². The molecule has 4 nitrogen and oxygen atoms in total. The van der Waals surface area contributed by atoms with Crippen LogP contribution in [0, 0.1) is 22.7 Å². The third kappa shape index (κ3) is 7.58. The summed E-state index contributed by atoms with van der Waals surface area (Å²) in [6.07, 6.45) is 7.75. The zero-order chi connectivity index (χ0) is 35.5. The van der Waals surface area contributed by atoms with E-state index in [0.29, 0.717) is 22.3 Å². The third-order valence-corrected chi connectivity index (χ3v) is 8.73. The van der Waals surface area contributed by atoms with Gasteiger partial charge in [-0.15, -0.1) is 0 Å². The first-order valence-electron chi connectivity index (χ1n) is 17.1. The molecule has 0 fully saturated rings. The Hall–Kier alpha value is -7.40. The number of hydrogen-bond acceptors (Lipinski definition) is 4. The summed E-state index contributed by atoms with van der Waals surface area (Å²) in [7, 11) is 0. The summed E-state index contributed by atoms with van der Waals surface area (Å²) in [6, 6.07) is 65.9. The van der Waals surface area contributed by atoms with Gasteiger partial charge < -0.3 is 9.80 Å². The zero-order valence-corrected chi connectivity index (χ0v) is 28.4. The lowest BCUT2D eigenvalue weighted by molar-refractivity contribution is 1.28. The minimum absolute atomic E-state index is 0.502. The molecule has 0 saturated heterocycles. The molecule has 7 aromatic rings. The first-order valence-corrected chi connectivity index (χ1v) is 17.1. The average Bonchev–Trinajstić information content (AvgIpc) is 3.22. The minimum atomic E-state index is 0.502. The van der Waals surface area contributed by atoms with Gasteiger partial charge in [-0.3, -0.25) is 0 Å². The molecule has 0 aliphatic heterocycles. The van der Waals surface area contributed by atoms with Crippen LogP contribution in [-0.2, 0) is 0 Å². The number of nitrogens with zero attached hydrogens (tertiary/aromatic N) is 4. The molecular formula is C48H34N4. The van der Waals surface area contributed by atoms with Gasteiger partial charge in [-0.05, 0) is 107 Å². The van der Waals surface area contributed by atoms with Gasteiger partial charge in [-0.1, -0.05) is 121 Å². The van der Waals surface area contributed by atoms with Gasteiger partial charge in [-0.2, -0.15) is 10.5 Å². The second-order valence-electron chi connectivity index (χ2n) is 12.1. The molecule has 0 bridgehead atoms. The Morgan fingerprint density at radius 3 is 0.865 bits per heavy atom. The van der Waals surface area contributed by atoms with E-state index in [-0.39, 0.29) is 0 Å². The third-order valence-electron chi connectivity index (χ3n) is 8.73. The van der Waals surface area contributed by atoms with Gasteiger partial charge in [-0.25, -0.2) is 0 Å². The predicted molar refractivity (Wildman–Crippen MR) is 216 cm³/mol. The van der Waals surface area contributed by atoms with Crippen LogP contribution in [-0.4, -0.2) is 0 Å². The van der Waals surface area contributed by atoms with Crippen LogP contribution >= 0.6 is 0 Å². The molecule has 7 aromatic carbocycles. The summed E-state index contributed by atoms with van der Waals surface area (Å²) in [5.74, 6) is 0. The highest BCUT2D eigenvalue weighted by Crippen LogP contribution is 2.36. The van der Waals surface area contributed by atoms with Crippen LogP contribution in [0.4, 0.5) is 34.1 Å². The van der Waals surface area contributed by atoms with Crippen LogP contribution in [0.3, 0.4) is 0 Å². The second-order valence-corrected chi connectivity index (χ2v) is 12.1. The average molecular weight is 667 g/mol. The first kappa shape index (κ1) is 33.1. The van der Waals surface area contributed by atoms with Crippen molar-refractivity contribution in [2.75, 3.05) is 9.80 Å². The molecular weight excluding hydrogens is 633 g/mol. The monoisotopic (exact) mass is 666 g/mol. The van der Waals surface area contributed by atoms with Crippen LogP contribution in [0.5, 0.6) is 0 Å². The number of nitriles is 2. The van der Waals surface area contributed by atoms with Gasteiger partial charge in [0.1, 0.15) is 0 Å². The molecule has 0 heterocycles. The molecule has 52 heavy (non-hydrogen) atoms. The van der Waals surface area contributed by atoms with Crippen LogP contribution in [0.1, 0.15) is 33.4 Å². The van der Waals surface area contributed by atoms with Crippen molar-refractivity contribution in [3.63, 3.8) is 0 Å². The number of para-hydroxylation sites is 4. The lowest BCUT2D eigenvalue weighted by atomic mass is 9.97. The summed E-state index contributed by atoms with van der Waals surface area (Å²) >= 11 is 0. The standard InChI is InChI=1S/C48H34N4/c49-35-41-34-40(28-22-38-25-31-48(32-26-38)52(45-17-9-3-10-18-45)46-19-11-4-12-20-46)42(36-50)33-39(41)27-21-37-23-29-47(30-24-37)51(43-13-5-1-6-14-43)44-15-7-2-8-16-44/h1-34H/b27-21+,28-22+. The maximum Gasteiger partial charge on any atom is 0.0998 e. The van der Waals surface area contributed by atoms with Crippen molar-refractivity contribution in [2.45, 2.75) is 0 Å². The molecule has 0 aromatic heterocycles. The topological polar surface area (TPSA) is 54.1 Å². The highest BCUT2D eigenvalue weighted by molar-refractivity contribution is 5.82. The molecule has 246 valence electrons. The molecule has 0 saturated carbocycles. The summed E-state index contributed by atoms with van der Waals surface area (Å²) < 4.78 is 0. The van der Waals surface area contributed by atoms with E-state index < -0.39 is 0 Å². The van der Waals surface area contributed by atoms with Crippen molar-refractivity contribution in [3.05, 3.63) is 215 Å². The van der Waals surface area contributed by atoms with Gasteiger partial charge in [0.05, 0.1) is 23.3 Å². The van der Waals surface area contributed by atoms with E-state index in [0.717, 1.165) is 45.3 Å². The second kappa shape index (κ2) is 15.9. The van der Waals surface area contributed by atoms with Crippen molar-refractivity contribution in [3.8, 4) is 12.1 Å². The number of rotatable bonds is 10. The normalized spacial score (nSPS) is 10.9. The fourth-order valence-electron chi connectivity index (χ4n) is 6.15. The Morgan fingerprint density at radius 1 is 0.327 bits per heavy atom. The lowest BCUT2D eigenvalue weighted by Crippen LogP contribution is -2.09. The number of hydrogen-bond donors (Lipinski definition) is 0. The molecule has 0 radical (unpaired) electrons. The van der Waals surface area contributed by atoms with Crippen molar-refractivity contribution < 1.29 is 0 Å². The maximum atomic E-state index is 10.1. The largest absolute Gasteiger partial charge is 0.311 e. The predicted octanol–water partition coefficient (Wildman–Crippen LogP) is 12.7. The van der Waals surface area contributed by atoms with E-state index in [9.17, 15) is 10.5 Å². The molecule has 0 amide bonds. The van der Waals surface area contributed by atoms with Gasteiger partial charge in [0.25, 0.3) is 0 Å². The molecule has 0 spiro atoms. The molecule has 4 heteroatoms. The fraction of sp³-hybridized carbons (Fsp3) is 0. The number of anilines is 6. The molecule has 0 atom stereocenters. The van der Waals surface area contributed by atoms with E-state index in [1.165, 1.54) is 0 Å². The molecule has 7 rings (SSSR count). The van der Waals surface area contributed by atoms with Gasteiger partial charge >= 0.3 is 0 Å². The van der Waals surface area contributed by atoms with Crippen molar-refractivity contribution >= 4 is 58.4 Å². The summed E-state index contributed by atoms with van der Waals surface area (Å²) in [5.41, 5.74) is 10.7. The zero-order valence-electron chi connectivity index (χ0n) is 28.4. The molecule has 0 N–H and O–H groups in total. The van der Waals surface area contributed by atoms with Crippen molar-refractivity contribution in [2.24, 2.45) is 0 Å². The van der Waals surface area contributed by atoms with E-state index in [1.807, 2.05) is 97.1 Å². The summed E-state index contributed by atoms with van der Waals surface area (Å²) in [4.78, 5) is 4.43. The van der Waals surface area contributed by atoms with E-state index in [1.54, 1.807) is 12.1 Å². The molecule has 0 aliphatic carbocycles. The highest BCUT2D eigenvalue weighted by atomic mass is 15.1. The Morgan fingerprint density at radius 2 is 0.596 bits per heavy atom. The van der Waals surface area contributed by atoms with E-state index in [2.05, 4.69) is 119 Å². The van der Waals surface area contributed by atoms with E-state index in [4.69, 9.17) is 0 Å². The highest BCUT2D eigenvalue weighted by Gasteiger charge is 2.13. The summed E-state index contributed by atoms with van der Waals surface area (Å²) in [6.45, 7) is 0. The van der Waals surface area contributed by atoms with Crippen LogP contribution in [0.15, 0.2) is 182 Å². The number of benzene rings is 7. The lowest BCUT2D eigenvalue weighted by Gasteiger charge is -2.25. The van der Waals surface area contributed by atoms with E-state index >= 15 is 0 Å². The Balaban J connectivity index is 1.10. The Kier molecular flexibility index (Phi) is 10.1. The summed E-state index contributed by atoms with van der Waals surface area (Å²) in [5, 5.41) is 20.1. The fourth-order valence-corrected chi connectivity index (χ4v) is 6.15. The Labute approximate surface area is 305 Å². The van der Waals surface area contributed by atoms with Gasteiger partial charge in [0.15, 0.2) is 0 Å². The SMILES string of the molecule is N#Cc1cc(/C=C/c2ccc(N(c3ccccc3)c3ccccc3)cc2)c(C#N)cc1/C=C/c1ccc(N(c2ccccc2)c2ccccc2)cc1. The minimum Gasteiger partial charge on any atom is -0.311 e. The maximum absolute atomic E-state index is 10.1. The van der Waals surface area contributed by atoms with Gasteiger partial charge in [0.2, 0.25) is 0 Å². The van der Waals surface area contributed by atoms with Crippen LogP contribution in [0.2, 0.25) is 0 Å².